The van der Waals surface area contributed by atoms with Gasteiger partial charge < -0.3 is 29.4 Å². The van der Waals surface area contributed by atoms with Crippen LogP contribution in [-0.4, -0.2) is 62.3 Å². The van der Waals surface area contributed by atoms with Crippen LogP contribution in [0.2, 0.25) is 0 Å². The maximum absolute atomic E-state index is 11.3. The molecule has 132 valence electrons. The van der Waals surface area contributed by atoms with Gasteiger partial charge in [-0.1, -0.05) is 0 Å². The molecule has 0 spiro atoms. The van der Waals surface area contributed by atoms with Crippen LogP contribution in [0.5, 0.6) is 0 Å². The molecule has 0 aromatic carbocycles. The Hall–Kier alpha value is -1.71. The van der Waals surface area contributed by atoms with Gasteiger partial charge >= 0.3 is 17.9 Å². The summed E-state index contributed by atoms with van der Waals surface area (Å²) < 4.78 is 26.4. The van der Waals surface area contributed by atoms with Gasteiger partial charge in [0.05, 0.1) is 6.61 Å². The number of hydrogen-bond acceptors (Lipinski definition) is 9. The van der Waals surface area contributed by atoms with E-state index in [1.807, 2.05) is 0 Å². The zero-order valence-electron chi connectivity index (χ0n) is 13.5. The number of hydrogen-bond donors (Lipinski definition) is 1. The Balaban J connectivity index is 2.88. The Kier molecular flexibility index (Phi) is 7.93. The quantitative estimate of drug-likeness (QED) is 0.485. The molecule has 1 heterocycles. The van der Waals surface area contributed by atoms with E-state index in [9.17, 15) is 14.4 Å². The van der Waals surface area contributed by atoms with E-state index in [1.54, 1.807) is 0 Å². The highest BCUT2D eigenvalue weighted by atomic mass is 16.7. The standard InChI is InChI=1S/C14H23NO8/c1-8(16)20-7-12-14(22-10(3)18)11(21-9(2)17)6-13(23-12)19-5-4-15/h11-14H,4-7,15H2,1-3H3. The molecule has 1 aliphatic heterocycles. The average molecular weight is 333 g/mol. The minimum absolute atomic E-state index is 0.159. The molecule has 1 rings (SSSR count). The Bertz CT molecular complexity index is 427. The Labute approximate surface area is 134 Å². The van der Waals surface area contributed by atoms with Gasteiger partial charge in [0, 0.05) is 33.7 Å². The predicted octanol–water partition coefficient (Wildman–Crippen LogP) is -0.497. The van der Waals surface area contributed by atoms with Gasteiger partial charge in [-0.2, -0.15) is 0 Å². The van der Waals surface area contributed by atoms with Crippen molar-refractivity contribution in [1.82, 2.24) is 0 Å². The first-order chi connectivity index (χ1) is 10.8. The van der Waals surface area contributed by atoms with Crippen LogP contribution in [0.1, 0.15) is 27.2 Å². The molecule has 0 saturated carbocycles. The van der Waals surface area contributed by atoms with E-state index in [0.717, 1.165) is 0 Å². The van der Waals surface area contributed by atoms with Crippen molar-refractivity contribution >= 4 is 17.9 Å². The highest BCUT2D eigenvalue weighted by molar-refractivity contribution is 5.67. The van der Waals surface area contributed by atoms with Gasteiger partial charge in [-0.15, -0.1) is 0 Å². The number of carbonyl (C=O) groups excluding carboxylic acids is 3. The molecular formula is C14H23NO8. The SMILES string of the molecule is CC(=O)OCC1OC(OCCN)CC(OC(C)=O)C1OC(C)=O. The van der Waals surface area contributed by atoms with Crippen molar-refractivity contribution in [3.8, 4) is 0 Å². The van der Waals surface area contributed by atoms with E-state index in [0.29, 0.717) is 6.54 Å². The molecule has 0 aliphatic carbocycles. The van der Waals surface area contributed by atoms with Gasteiger partial charge in [-0.05, 0) is 0 Å². The summed E-state index contributed by atoms with van der Waals surface area (Å²) in [6, 6.07) is 0. The zero-order valence-corrected chi connectivity index (χ0v) is 13.5. The number of ether oxygens (including phenoxy) is 5. The van der Waals surface area contributed by atoms with Crippen molar-refractivity contribution in [2.45, 2.75) is 51.8 Å². The predicted molar refractivity (Wildman–Crippen MR) is 76.0 cm³/mol. The second-order valence-corrected chi connectivity index (χ2v) is 5.02. The van der Waals surface area contributed by atoms with Gasteiger partial charge in [-0.3, -0.25) is 14.4 Å². The summed E-state index contributed by atoms with van der Waals surface area (Å²) in [6.45, 7) is 4.10. The normalized spacial score (nSPS) is 27.1. The van der Waals surface area contributed by atoms with E-state index in [1.165, 1.54) is 20.8 Å². The topological polar surface area (TPSA) is 123 Å². The van der Waals surface area contributed by atoms with Crippen LogP contribution in [0.3, 0.4) is 0 Å². The molecule has 4 atom stereocenters. The van der Waals surface area contributed by atoms with Crippen LogP contribution in [0.4, 0.5) is 0 Å². The number of rotatable bonds is 7. The lowest BCUT2D eigenvalue weighted by atomic mass is 10.0. The third-order valence-electron chi connectivity index (χ3n) is 2.98. The lowest BCUT2D eigenvalue weighted by Gasteiger charge is -2.39. The van der Waals surface area contributed by atoms with Gasteiger partial charge in [0.2, 0.25) is 0 Å². The largest absolute Gasteiger partial charge is 0.463 e. The van der Waals surface area contributed by atoms with Crippen molar-refractivity contribution in [1.29, 1.82) is 0 Å². The van der Waals surface area contributed by atoms with Crippen molar-refractivity contribution in [2.75, 3.05) is 19.8 Å². The molecule has 9 nitrogen and oxygen atoms in total. The molecule has 1 aliphatic rings. The van der Waals surface area contributed by atoms with Crippen LogP contribution in [0.25, 0.3) is 0 Å². The molecule has 23 heavy (non-hydrogen) atoms. The monoisotopic (exact) mass is 333 g/mol. The fourth-order valence-corrected chi connectivity index (χ4v) is 2.20. The van der Waals surface area contributed by atoms with Gasteiger partial charge in [0.15, 0.2) is 12.4 Å². The van der Waals surface area contributed by atoms with Crippen molar-refractivity contribution in [2.24, 2.45) is 5.73 Å². The summed E-state index contributed by atoms with van der Waals surface area (Å²) in [7, 11) is 0. The van der Waals surface area contributed by atoms with Crippen LogP contribution in [0, 0.1) is 0 Å². The van der Waals surface area contributed by atoms with E-state index in [2.05, 4.69) is 0 Å². The van der Waals surface area contributed by atoms with Crippen molar-refractivity contribution in [3.63, 3.8) is 0 Å². The highest BCUT2D eigenvalue weighted by Crippen LogP contribution is 2.26. The first-order valence-electron chi connectivity index (χ1n) is 7.28. The van der Waals surface area contributed by atoms with Crippen molar-refractivity contribution < 1.29 is 38.1 Å². The van der Waals surface area contributed by atoms with Gasteiger partial charge in [0.25, 0.3) is 0 Å². The van der Waals surface area contributed by atoms with Crippen molar-refractivity contribution in [3.05, 3.63) is 0 Å². The molecule has 9 heteroatoms. The fourth-order valence-electron chi connectivity index (χ4n) is 2.20. The molecule has 0 radical (unpaired) electrons. The summed E-state index contributed by atoms with van der Waals surface area (Å²) in [5.74, 6) is -1.60. The Morgan fingerprint density at radius 1 is 1.09 bits per heavy atom. The first kappa shape index (κ1) is 19.3. The van der Waals surface area contributed by atoms with Gasteiger partial charge in [0.1, 0.15) is 18.8 Å². The summed E-state index contributed by atoms with van der Waals surface area (Å²) >= 11 is 0. The Morgan fingerprint density at radius 3 is 2.26 bits per heavy atom. The molecule has 2 N–H and O–H groups in total. The zero-order chi connectivity index (χ0) is 17.4. The molecule has 0 bridgehead atoms. The maximum atomic E-state index is 11.3. The van der Waals surface area contributed by atoms with Crippen LogP contribution < -0.4 is 5.73 Å². The van der Waals surface area contributed by atoms with Crippen LogP contribution >= 0.6 is 0 Å². The molecule has 0 aromatic heterocycles. The summed E-state index contributed by atoms with van der Waals surface area (Å²) in [4.78, 5) is 33.6. The summed E-state index contributed by atoms with van der Waals surface area (Å²) in [6.07, 6.45) is -3.02. The van der Waals surface area contributed by atoms with Crippen LogP contribution in [-0.2, 0) is 38.1 Å². The third-order valence-corrected chi connectivity index (χ3v) is 2.98. The third kappa shape index (κ3) is 6.93. The fraction of sp³-hybridized carbons (Fsp3) is 0.786. The molecule has 4 unspecified atom stereocenters. The number of esters is 3. The first-order valence-corrected chi connectivity index (χ1v) is 7.28. The van der Waals surface area contributed by atoms with Crippen LogP contribution in [0.15, 0.2) is 0 Å². The molecular weight excluding hydrogens is 310 g/mol. The molecule has 1 saturated heterocycles. The maximum Gasteiger partial charge on any atom is 0.303 e. The van der Waals surface area contributed by atoms with E-state index >= 15 is 0 Å². The van der Waals surface area contributed by atoms with E-state index in [4.69, 9.17) is 29.4 Å². The summed E-state index contributed by atoms with van der Waals surface area (Å²) in [5, 5.41) is 0. The minimum Gasteiger partial charge on any atom is -0.463 e. The molecule has 0 aromatic rings. The smallest absolute Gasteiger partial charge is 0.303 e. The van der Waals surface area contributed by atoms with E-state index < -0.39 is 42.5 Å². The van der Waals surface area contributed by atoms with Gasteiger partial charge in [-0.25, -0.2) is 0 Å². The molecule has 1 fully saturated rings. The second-order valence-electron chi connectivity index (χ2n) is 5.02. The lowest BCUT2D eigenvalue weighted by Crippen LogP contribution is -2.54. The minimum atomic E-state index is -0.895. The molecule has 0 amide bonds. The number of nitrogens with two attached hydrogens (primary N) is 1. The Morgan fingerprint density at radius 2 is 1.74 bits per heavy atom. The second kappa shape index (κ2) is 9.43. The van der Waals surface area contributed by atoms with E-state index in [-0.39, 0.29) is 19.6 Å². The lowest BCUT2D eigenvalue weighted by molar-refractivity contribution is -0.265. The number of carbonyl (C=O) groups is 3. The summed E-state index contributed by atoms with van der Waals surface area (Å²) in [5.41, 5.74) is 5.38. The average Bonchev–Trinajstić information content (AvgIpc) is 2.44. The highest BCUT2D eigenvalue weighted by Gasteiger charge is 2.44.